The molecular formula is C22H14Cl2F3N3O5S. The van der Waals surface area contributed by atoms with E-state index in [2.05, 4.69) is 10.3 Å². The van der Waals surface area contributed by atoms with Crippen molar-refractivity contribution in [1.29, 1.82) is 0 Å². The summed E-state index contributed by atoms with van der Waals surface area (Å²) in [7, 11) is 0. The van der Waals surface area contributed by atoms with Crippen molar-refractivity contribution in [2.75, 3.05) is 5.32 Å². The fraction of sp³-hybridized carbons (Fsp3) is 0.136. The van der Waals surface area contributed by atoms with E-state index >= 15 is 0 Å². The summed E-state index contributed by atoms with van der Waals surface area (Å²) < 4.78 is 44.2. The first-order valence-corrected chi connectivity index (χ1v) is 11.4. The Morgan fingerprint density at radius 1 is 1.14 bits per heavy atom. The maximum Gasteiger partial charge on any atom is 0.416 e. The highest BCUT2D eigenvalue weighted by atomic mass is 35.5. The summed E-state index contributed by atoms with van der Waals surface area (Å²) in [5.41, 5.74) is -2.02. The highest BCUT2D eigenvalue weighted by Gasteiger charge is 2.33. The molecule has 1 aromatic heterocycles. The average molecular weight is 560 g/mol. The molecule has 1 heterocycles. The van der Waals surface area contributed by atoms with Crippen molar-refractivity contribution in [3.8, 4) is 0 Å². The predicted molar refractivity (Wildman–Crippen MR) is 126 cm³/mol. The number of nitrogens with one attached hydrogen (secondary N) is 1. The predicted octanol–water partition coefficient (Wildman–Crippen LogP) is 6.65. The number of rotatable bonds is 7. The van der Waals surface area contributed by atoms with Crippen molar-refractivity contribution >= 4 is 58.3 Å². The molecule has 3 aromatic rings. The standard InChI is InChI=1S/C22H14Cl2F3N3O5S/c1-11(20(31)29-19-15(24)9-13(23)10-28-19)35-21(32)14-4-2-3-5-17(14)36-18-7-6-12(22(25,26)27)8-16(18)30(33)34/h2-11H,1H3,(H,28,29,31)/t11-/m0/s1. The Kier molecular flexibility index (Phi) is 8.43. The van der Waals surface area contributed by atoms with E-state index in [0.29, 0.717) is 23.9 Å². The number of amides is 1. The number of alkyl halides is 3. The lowest BCUT2D eigenvalue weighted by Gasteiger charge is -2.15. The Morgan fingerprint density at radius 3 is 2.47 bits per heavy atom. The van der Waals surface area contributed by atoms with Crippen LogP contribution in [0.5, 0.6) is 0 Å². The van der Waals surface area contributed by atoms with Gasteiger partial charge in [-0.15, -0.1) is 0 Å². The molecule has 0 fully saturated rings. The van der Waals surface area contributed by atoms with Gasteiger partial charge in [0.25, 0.3) is 11.6 Å². The molecule has 36 heavy (non-hydrogen) atoms. The van der Waals surface area contributed by atoms with E-state index in [1.54, 1.807) is 0 Å². The van der Waals surface area contributed by atoms with Gasteiger partial charge in [0, 0.05) is 17.2 Å². The third kappa shape index (κ3) is 6.65. The number of hydrogen-bond acceptors (Lipinski definition) is 7. The number of halogens is 5. The van der Waals surface area contributed by atoms with Gasteiger partial charge < -0.3 is 10.1 Å². The number of nitro groups is 1. The Morgan fingerprint density at radius 2 is 1.83 bits per heavy atom. The minimum absolute atomic E-state index is 0.000431. The summed E-state index contributed by atoms with van der Waals surface area (Å²) in [6.45, 7) is 1.30. The molecule has 0 spiro atoms. The van der Waals surface area contributed by atoms with Crippen LogP contribution in [0.4, 0.5) is 24.7 Å². The molecular weight excluding hydrogens is 546 g/mol. The lowest BCUT2D eigenvalue weighted by molar-refractivity contribution is -0.388. The van der Waals surface area contributed by atoms with E-state index in [4.69, 9.17) is 27.9 Å². The number of anilines is 1. The van der Waals surface area contributed by atoms with Gasteiger partial charge in [-0.3, -0.25) is 14.9 Å². The largest absolute Gasteiger partial charge is 0.449 e. The Balaban J connectivity index is 1.80. The van der Waals surface area contributed by atoms with E-state index in [1.807, 2.05) is 0 Å². The summed E-state index contributed by atoms with van der Waals surface area (Å²) in [6.07, 6.45) is -4.81. The molecule has 1 atom stereocenters. The summed E-state index contributed by atoms with van der Waals surface area (Å²) in [5.74, 6) is -1.69. The fourth-order valence-electron chi connectivity index (χ4n) is 2.77. The molecule has 0 aliphatic heterocycles. The van der Waals surface area contributed by atoms with E-state index in [-0.39, 0.29) is 31.2 Å². The summed E-state index contributed by atoms with van der Waals surface area (Å²) >= 11 is 12.4. The van der Waals surface area contributed by atoms with Crippen LogP contribution in [-0.4, -0.2) is 27.9 Å². The number of carbonyl (C=O) groups excluding carboxylic acids is 2. The van der Waals surface area contributed by atoms with E-state index in [1.165, 1.54) is 43.5 Å². The van der Waals surface area contributed by atoms with E-state index in [0.717, 1.165) is 6.07 Å². The average Bonchev–Trinajstić information content (AvgIpc) is 2.80. The van der Waals surface area contributed by atoms with E-state index < -0.39 is 40.3 Å². The van der Waals surface area contributed by atoms with Gasteiger partial charge in [0.2, 0.25) is 0 Å². The first kappa shape index (κ1) is 27.2. The normalized spacial score (nSPS) is 12.1. The summed E-state index contributed by atoms with van der Waals surface area (Å²) in [4.78, 5) is 39.6. The highest BCUT2D eigenvalue weighted by Crippen LogP contribution is 2.40. The highest BCUT2D eigenvalue weighted by molar-refractivity contribution is 7.99. The molecule has 0 aliphatic carbocycles. The quantitative estimate of drug-likeness (QED) is 0.196. The smallest absolute Gasteiger partial charge is 0.416 e. The number of hydrogen-bond donors (Lipinski definition) is 1. The topological polar surface area (TPSA) is 111 Å². The third-order valence-corrected chi connectivity index (χ3v) is 6.15. The van der Waals surface area contributed by atoms with Gasteiger partial charge in [-0.05, 0) is 37.3 Å². The molecule has 0 bridgehead atoms. The third-order valence-electron chi connectivity index (χ3n) is 4.51. The summed E-state index contributed by atoms with van der Waals surface area (Å²) in [5, 5.41) is 14.1. The number of nitro benzene ring substituents is 1. The molecule has 0 aliphatic rings. The molecule has 0 saturated heterocycles. The second-order valence-electron chi connectivity index (χ2n) is 7.06. The van der Waals surface area contributed by atoms with Crippen molar-refractivity contribution in [2.24, 2.45) is 0 Å². The van der Waals surface area contributed by atoms with Crippen molar-refractivity contribution in [2.45, 2.75) is 29.0 Å². The lowest BCUT2D eigenvalue weighted by atomic mass is 10.2. The number of nitrogens with zero attached hydrogens (tertiary/aromatic N) is 2. The Bertz CT molecular complexity index is 1340. The molecule has 2 aromatic carbocycles. The van der Waals surface area contributed by atoms with E-state index in [9.17, 15) is 32.9 Å². The van der Waals surface area contributed by atoms with Crippen LogP contribution in [0.3, 0.4) is 0 Å². The van der Waals surface area contributed by atoms with Gasteiger partial charge in [-0.1, -0.05) is 47.1 Å². The lowest BCUT2D eigenvalue weighted by Crippen LogP contribution is -2.30. The van der Waals surface area contributed by atoms with Gasteiger partial charge in [-0.25, -0.2) is 9.78 Å². The summed E-state index contributed by atoms with van der Waals surface area (Å²) in [6, 6.07) is 9.24. The molecule has 1 amide bonds. The number of ether oxygens (including phenoxy) is 1. The van der Waals surface area contributed by atoms with Gasteiger partial charge in [-0.2, -0.15) is 13.2 Å². The number of aromatic nitrogens is 1. The van der Waals surface area contributed by atoms with Gasteiger partial charge in [0.15, 0.2) is 11.9 Å². The maximum atomic E-state index is 13.0. The fourth-order valence-corrected chi connectivity index (χ4v) is 4.21. The van der Waals surface area contributed by atoms with Crippen LogP contribution >= 0.6 is 35.0 Å². The zero-order valence-corrected chi connectivity index (χ0v) is 20.3. The van der Waals surface area contributed by atoms with Crippen LogP contribution in [0.1, 0.15) is 22.8 Å². The Labute approximate surface area is 215 Å². The zero-order valence-electron chi connectivity index (χ0n) is 18.0. The second-order valence-corrected chi connectivity index (χ2v) is 8.98. The van der Waals surface area contributed by atoms with Crippen LogP contribution < -0.4 is 5.32 Å². The van der Waals surface area contributed by atoms with Crippen LogP contribution in [-0.2, 0) is 15.7 Å². The molecule has 188 valence electrons. The molecule has 3 rings (SSSR count). The van der Waals surface area contributed by atoms with Crippen molar-refractivity contribution < 1.29 is 32.4 Å². The van der Waals surface area contributed by atoms with Crippen LogP contribution in [0.15, 0.2) is 64.5 Å². The molecule has 0 saturated carbocycles. The molecule has 0 radical (unpaired) electrons. The van der Waals surface area contributed by atoms with Crippen LogP contribution in [0.2, 0.25) is 10.0 Å². The molecule has 8 nitrogen and oxygen atoms in total. The van der Waals surface area contributed by atoms with Gasteiger partial charge in [0.05, 0.1) is 31.0 Å². The van der Waals surface area contributed by atoms with Gasteiger partial charge >= 0.3 is 12.1 Å². The number of carbonyl (C=O) groups is 2. The van der Waals surface area contributed by atoms with Crippen molar-refractivity contribution in [1.82, 2.24) is 4.98 Å². The van der Waals surface area contributed by atoms with Crippen LogP contribution in [0, 0.1) is 10.1 Å². The monoisotopic (exact) mass is 559 g/mol. The maximum absolute atomic E-state index is 13.0. The zero-order chi connectivity index (χ0) is 26.6. The first-order chi connectivity index (χ1) is 16.9. The number of pyridine rings is 1. The van der Waals surface area contributed by atoms with Crippen molar-refractivity contribution in [3.63, 3.8) is 0 Å². The number of esters is 1. The molecule has 14 heteroatoms. The minimum atomic E-state index is -4.77. The minimum Gasteiger partial charge on any atom is -0.449 e. The first-order valence-electron chi connectivity index (χ1n) is 9.82. The Hall–Kier alpha value is -3.35. The SMILES string of the molecule is C[C@H](OC(=O)c1ccccc1Sc1ccc(C(F)(F)F)cc1[N+](=O)[O-])C(=O)Nc1ncc(Cl)cc1Cl. The molecule has 1 N–H and O–H groups in total. The molecule has 0 unspecified atom stereocenters. The van der Waals surface area contributed by atoms with Gasteiger partial charge in [0.1, 0.15) is 0 Å². The second kappa shape index (κ2) is 11.1. The number of benzene rings is 2. The van der Waals surface area contributed by atoms with Crippen LogP contribution in [0.25, 0.3) is 0 Å². The van der Waals surface area contributed by atoms with Crippen molar-refractivity contribution in [3.05, 3.63) is 86.0 Å².